The van der Waals surface area contributed by atoms with E-state index in [0.717, 1.165) is 33.8 Å². The zero-order valence-corrected chi connectivity index (χ0v) is 32.7. The summed E-state index contributed by atoms with van der Waals surface area (Å²) in [6.45, 7) is 6.30. The van der Waals surface area contributed by atoms with Crippen molar-refractivity contribution in [2.24, 2.45) is 7.05 Å². The molecule has 1 aliphatic rings. The van der Waals surface area contributed by atoms with Crippen LogP contribution in [0, 0.1) is 13.8 Å². The molecule has 0 spiro atoms. The number of fused-ring (bicyclic) bond motifs is 9. The van der Waals surface area contributed by atoms with Crippen molar-refractivity contribution < 1.29 is 4.74 Å². The van der Waals surface area contributed by atoms with E-state index in [1.165, 1.54) is 54.5 Å². The molecule has 0 fully saturated rings. The summed E-state index contributed by atoms with van der Waals surface area (Å²) >= 11 is 6.15. The van der Waals surface area contributed by atoms with Gasteiger partial charge >= 0.3 is 0 Å². The highest BCUT2D eigenvalue weighted by Crippen LogP contribution is 2.46. The molecule has 11 rings (SSSR count). The van der Waals surface area contributed by atoms with E-state index in [2.05, 4.69) is 145 Å². The number of benzene rings is 7. The molecule has 1 unspecified atom stereocenters. The molecule has 274 valence electrons. The number of hydrogen-bond acceptors (Lipinski definition) is 3. The fraction of sp³-hybridized carbons (Fsp3) is 0.0980. The summed E-state index contributed by atoms with van der Waals surface area (Å²) < 4.78 is 8.09. The lowest BCUT2D eigenvalue weighted by Gasteiger charge is -2.26. The normalized spacial score (nSPS) is 12.7. The number of para-hydroxylation sites is 5. The van der Waals surface area contributed by atoms with Gasteiger partial charge in [-0.2, -0.15) is 0 Å². The van der Waals surface area contributed by atoms with E-state index >= 15 is 0 Å². The Bertz CT molecular complexity index is 2930. The van der Waals surface area contributed by atoms with Crippen LogP contribution in [0.4, 0.5) is 0 Å². The molecule has 1 atom stereocenters. The maximum atomic E-state index is 6.15. The van der Waals surface area contributed by atoms with Gasteiger partial charge in [-0.3, -0.25) is 9.97 Å². The van der Waals surface area contributed by atoms with Crippen molar-refractivity contribution in [3.63, 3.8) is 0 Å². The summed E-state index contributed by atoms with van der Waals surface area (Å²) in [4.78, 5) is 8.83. The van der Waals surface area contributed by atoms with Gasteiger partial charge in [-0.15, -0.1) is 0 Å². The van der Waals surface area contributed by atoms with Crippen LogP contribution >= 0.6 is 11.6 Å². The Morgan fingerprint density at radius 3 is 1.95 bits per heavy atom. The predicted octanol–water partition coefficient (Wildman–Crippen LogP) is 14.2. The van der Waals surface area contributed by atoms with E-state index in [9.17, 15) is 0 Å². The summed E-state index contributed by atoms with van der Waals surface area (Å²) in [5.41, 5.74) is 9.47. The number of ether oxygens (including phenoxy) is 1. The first-order valence-electron chi connectivity index (χ1n) is 18.9. The van der Waals surface area contributed by atoms with Gasteiger partial charge in [-0.25, -0.2) is 0 Å². The summed E-state index contributed by atoms with van der Waals surface area (Å²) in [6, 6.07) is 58.1. The van der Waals surface area contributed by atoms with Crippen LogP contribution in [0.3, 0.4) is 0 Å². The fourth-order valence-electron chi connectivity index (χ4n) is 7.44. The number of aryl methyl sites for hydroxylation is 3. The molecule has 0 radical (unpaired) electrons. The molecule has 3 aromatic heterocycles. The number of aromatic nitrogens is 3. The highest BCUT2D eigenvalue weighted by molar-refractivity contribution is 6.32. The fourth-order valence-corrected chi connectivity index (χ4v) is 7.66. The Morgan fingerprint density at radius 2 is 1.18 bits per heavy atom. The van der Waals surface area contributed by atoms with Crippen molar-refractivity contribution in [3.05, 3.63) is 203 Å². The van der Waals surface area contributed by atoms with Crippen molar-refractivity contribution >= 4 is 66.0 Å². The van der Waals surface area contributed by atoms with Crippen molar-refractivity contribution in [2.45, 2.75) is 26.7 Å². The minimum Gasteiger partial charge on any atom is -0.455 e. The average Bonchev–Trinajstić information content (AvgIpc) is 3.53. The second-order valence-corrected chi connectivity index (χ2v) is 14.5. The smallest absolute Gasteiger partial charge is 0.149 e. The largest absolute Gasteiger partial charge is 0.455 e. The van der Waals surface area contributed by atoms with Gasteiger partial charge in [0, 0.05) is 73.9 Å². The third-order valence-electron chi connectivity index (χ3n) is 10.4. The molecule has 0 amide bonds. The van der Waals surface area contributed by atoms with Gasteiger partial charge in [0.15, 0.2) is 0 Å². The monoisotopic (exact) mass is 747 g/mol. The molecule has 0 aliphatic carbocycles. The molecule has 0 bridgehead atoms. The van der Waals surface area contributed by atoms with Crippen LogP contribution in [-0.4, -0.2) is 14.5 Å². The highest BCUT2D eigenvalue weighted by Gasteiger charge is 2.24. The van der Waals surface area contributed by atoms with Crippen molar-refractivity contribution in [3.8, 4) is 11.5 Å². The number of hydrogen-bond donors (Lipinski definition) is 0. The van der Waals surface area contributed by atoms with Crippen molar-refractivity contribution in [1.82, 2.24) is 14.5 Å². The summed E-state index contributed by atoms with van der Waals surface area (Å²) in [7, 11) is 2.12. The second-order valence-electron chi connectivity index (χ2n) is 14.1. The highest BCUT2D eigenvalue weighted by atomic mass is 35.5. The third-order valence-corrected chi connectivity index (χ3v) is 10.7. The maximum absolute atomic E-state index is 6.15. The van der Waals surface area contributed by atoms with Crippen molar-refractivity contribution in [2.75, 3.05) is 0 Å². The van der Waals surface area contributed by atoms with E-state index in [4.69, 9.17) is 16.3 Å². The predicted molar refractivity (Wildman–Crippen MR) is 236 cm³/mol. The molecule has 10 aromatic rings. The van der Waals surface area contributed by atoms with E-state index in [0.29, 0.717) is 10.9 Å². The summed E-state index contributed by atoms with van der Waals surface area (Å²) in [5, 5.41) is 8.29. The lowest BCUT2D eigenvalue weighted by atomic mass is 9.90. The van der Waals surface area contributed by atoms with E-state index < -0.39 is 0 Å². The molecule has 56 heavy (non-hydrogen) atoms. The molecule has 4 heterocycles. The zero-order chi connectivity index (χ0) is 38.6. The van der Waals surface area contributed by atoms with Gasteiger partial charge in [-0.1, -0.05) is 145 Å². The topological polar surface area (TPSA) is 39.9 Å². The molecule has 0 saturated heterocycles. The number of pyridine rings is 2. The molecule has 0 N–H and O–H groups in total. The van der Waals surface area contributed by atoms with E-state index in [1.54, 1.807) is 0 Å². The second kappa shape index (κ2) is 16.1. The van der Waals surface area contributed by atoms with Gasteiger partial charge in [-0.05, 0) is 67.8 Å². The van der Waals surface area contributed by atoms with E-state index in [-0.39, 0.29) is 0 Å². The Labute approximate surface area is 332 Å². The Morgan fingerprint density at radius 1 is 0.554 bits per heavy atom. The quantitative estimate of drug-likeness (QED) is 0.145. The number of halogens is 1. The molecular formula is C51H42ClN3O. The Balaban J connectivity index is 0.000000106. The van der Waals surface area contributed by atoms with Gasteiger partial charge in [0.2, 0.25) is 0 Å². The number of nitrogens with zero attached hydrogens (tertiary/aromatic N) is 3. The molecule has 0 saturated carbocycles. The van der Waals surface area contributed by atoms with Gasteiger partial charge in [0.1, 0.15) is 11.5 Å². The summed E-state index contributed by atoms with van der Waals surface area (Å²) in [6.07, 6.45) is 1.94. The maximum Gasteiger partial charge on any atom is 0.149 e. The van der Waals surface area contributed by atoms with Crippen LogP contribution in [0.1, 0.15) is 35.2 Å². The van der Waals surface area contributed by atoms with Crippen LogP contribution in [0.2, 0.25) is 5.02 Å². The zero-order valence-electron chi connectivity index (χ0n) is 31.9. The molecule has 7 aromatic carbocycles. The summed E-state index contributed by atoms with van der Waals surface area (Å²) in [5.74, 6) is 2.05. The standard InChI is InChI=1S/C14H11ClO.C14H11N.C13H11N.C10H9N/c1-9-10-5-2-3-8-13(10)16-14-11(9)6-4-7-12(14)15;1-10-6-7-14-13(8-10)12-5-3-2-4-11(12)9-15-14;1-14-12-8-4-2-6-10(12)11-7-3-5-9-13(11)14;1-8-6-7-9-4-2-3-5-10(9)11-8/h2-9H,1H3;2-9H,1H3;2-9H,1H3;2-7H,1H3. The van der Waals surface area contributed by atoms with Gasteiger partial charge in [0.25, 0.3) is 0 Å². The minimum atomic E-state index is 0.332. The van der Waals surface area contributed by atoms with Gasteiger partial charge < -0.3 is 9.30 Å². The van der Waals surface area contributed by atoms with Gasteiger partial charge in [0.05, 0.1) is 16.1 Å². The van der Waals surface area contributed by atoms with Crippen LogP contribution in [-0.2, 0) is 7.05 Å². The lowest BCUT2D eigenvalue weighted by Crippen LogP contribution is -2.07. The van der Waals surface area contributed by atoms with Crippen LogP contribution in [0.15, 0.2) is 176 Å². The van der Waals surface area contributed by atoms with Crippen LogP contribution in [0.5, 0.6) is 11.5 Å². The molecule has 5 heteroatoms. The third kappa shape index (κ3) is 7.44. The first-order valence-corrected chi connectivity index (χ1v) is 19.3. The molecule has 1 aliphatic heterocycles. The van der Waals surface area contributed by atoms with Crippen LogP contribution in [0.25, 0.3) is 54.4 Å². The van der Waals surface area contributed by atoms with Crippen LogP contribution < -0.4 is 4.74 Å². The molecular weight excluding hydrogens is 706 g/mol. The lowest BCUT2D eigenvalue weighted by molar-refractivity contribution is 0.450. The minimum absolute atomic E-state index is 0.332. The van der Waals surface area contributed by atoms with E-state index in [1.807, 2.05) is 73.8 Å². The SMILES string of the molecule is CC1c2ccccc2Oc2c(Cl)cccc21.Cc1ccc2ccccc2n1.Cc1ccc2ncc3ccccc3c2c1.Cn1c2ccccc2c2ccccc21. The molecule has 4 nitrogen and oxygen atoms in total. The Kier molecular flexibility index (Phi) is 10.5. The first-order chi connectivity index (χ1) is 27.4. The number of rotatable bonds is 0. The average molecular weight is 748 g/mol. The first kappa shape index (κ1) is 36.5. The van der Waals surface area contributed by atoms with Crippen molar-refractivity contribution in [1.29, 1.82) is 0 Å². The Hall–Kier alpha value is -6.49.